The number of carbonyl (C=O) groups excluding carboxylic acids is 2. The van der Waals surface area contributed by atoms with E-state index in [0.717, 1.165) is 56.4 Å². The Balaban J connectivity index is 0.782. The largest absolute Gasteiger partial charge is 0.312 e. The second-order valence-electron chi connectivity index (χ2n) is 17.9. The van der Waals surface area contributed by atoms with Gasteiger partial charge in [-0.3, -0.25) is 9.59 Å². The third kappa shape index (κ3) is 6.33. The number of nitrogens with zero attached hydrogens (tertiary/aromatic N) is 2. The summed E-state index contributed by atoms with van der Waals surface area (Å²) in [4.78, 5) is 33.2. The molecule has 0 amide bonds. The standard InChI is InChI=1S/C62H40B2N2O2/c67-61-50-38-32-44(42-29-35-48(36-30-42)66-59-25-13-9-21-55(59)64(46-17-5-2-6-18-46)56-22-10-14-26-60(56)66)40-52(50)62(68)49-37-31-43(39-51(49)61)41-27-33-47(34-28-41)65-57-23-11-7-19-53(57)63(45-15-3-1-4-16-45)54-20-8-12-24-58(54)65/h1-40H. The molecule has 4 nitrogen and oxygen atoms in total. The molecule has 13 rings (SSSR count). The Hall–Kier alpha value is -8.73. The normalized spacial score (nSPS) is 13.2. The van der Waals surface area contributed by atoms with Crippen LogP contribution in [0.25, 0.3) is 22.3 Å². The first-order valence-corrected chi connectivity index (χ1v) is 23.2. The van der Waals surface area contributed by atoms with Gasteiger partial charge in [0.15, 0.2) is 11.6 Å². The number of rotatable bonds is 6. The summed E-state index contributed by atoms with van der Waals surface area (Å²) in [5.41, 5.74) is 19.7. The van der Waals surface area contributed by atoms with E-state index in [1.807, 2.05) is 36.4 Å². The highest BCUT2D eigenvalue weighted by atomic mass is 16.1. The van der Waals surface area contributed by atoms with Crippen molar-refractivity contribution in [3.8, 4) is 22.3 Å². The predicted molar refractivity (Wildman–Crippen MR) is 282 cm³/mol. The van der Waals surface area contributed by atoms with E-state index in [9.17, 15) is 9.59 Å². The Morgan fingerprint density at radius 3 is 0.897 bits per heavy atom. The molecule has 0 saturated carbocycles. The Morgan fingerprint density at radius 2 is 0.559 bits per heavy atom. The molecule has 0 N–H and O–H groups in total. The van der Waals surface area contributed by atoms with Crippen LogP contribution in [0.4, 0.5) is 34.1 Å². The van der Waals surface area contributed by atoms with Crippen molar-refractivity contribution in [1.29, 1.82) is 0 Å². The molecule has 2 aliphatic heterocycles. The SMILES string of the molecule is O=C1c2ccc(-c3ccc(N4c5ccccc5B(c5ccccc5)c5ccccc54)cc3)cc2C(=O)c2ccc(-c3ccc(N4c5ccccc5B(c5ccccc5)c5ccccc54)cc3)cc21. The molecule has 0 aromatic heterocycles. The summed E-state index contributed by atoms with van der Waals surface area (Å²) in [5, 5.41) is 0. The molecule has 0 fully saturated rings. The van der Waals surface area contributed by atoms with Crippen molar-refractivity contribution in [2.75, 3.05) is 9.80 Å². The van der Waals surface area contributed by atoms with Crippen molar-refractivity contribution in [3.05, 3.63) is 265 Å². The highest BCUT2D eigenvalue weighted by molar-refractivity contribution is 6.98. The molecular weight excluding hydrogens is 826 g/mol. The van der Waals surface area contributed by atoms with Gasteiger partial charge in [-0.2, -0.15) is 0 Å². The smallest absolute Gasteiger partial charge is 0.246 e. The van der Waals surface area contributed by atoms with Gasteiger partial charge in [-0.25, -0.2) is 0 Å². The highest BCUT2D eigenvalue weighted by Gasteiger charge is 2.37. The van der Waals surface area contributed by atoms with Crippen molar-refractivity contribution in [1.82, 2.24) is 0 Å². The fraction of sp³-hybridized carbons (Fsp3) is 0. The zero-order chi connectivity index (χ0) is 45.3. The minimum absolute atomic E-state index is 0.121. The summed E-state index contributed by atoms with van der Waals surface area (Å²) < 4.78 is 0. The second-order valence-corrected chi connectivity index (χ2v) is 17.9. The van der Waals surface area contributed by atoms with Crippen LogP contribution in [0.2, 0.25) is 0 Å². The molecule has 0 saturated heterocycles. The first-order valence-electron chi connectivity index (χ1n) is 23.2. The Kier molecular flexibility index (Phi) is 9.33. The lowest BCUT2D eigenvalue weighted by atomic mass is 9.35. The van der Waals surface area contributed by atoms with E-state index in [4.69, 9.17) is 0 Å². The molecule has 0 radical (unpaired) electrons. The third-order valence-corrected chi connectivity index (χ3v) is 14.2. The summed E-state index contributed by atoms with van der Waals surface area (Å²) >= 11 is 0. The van der Waals surface area contributed by atoms with E-state index < -0.39 is 0 Å². The first kappa shape index (κ1) is 39.6. The number of hydrogen-bond donors (Lipinski definition) is 0. The summed E-state index contributed by atoms with van der Waals surface area (Å²) in [6.45, 7) is 0.242. The quantitative estimate of drug-likeness (QED) is 0.156. The van der Waals surface area contributed by atoms with Gasteiger partial charge in [0.05, 0.1) is 0 Å². The monoisotopic (exact) mass is 866 g/mol. The van der Waals surface area contributed by atoms with Crippen molar-refractivity contribution in [3.63, 3.8) is 0 Å². The molecule has 0 spiro atoms. The summed E-state index contributed by atoms with van der Waals surface area (Å²) in [7, 11) is 0. The lowest BCUT2D eigenvalue weighted by molar-refractivity contribution is 0.0979. The minimum Gasteiger partial charge on any atom is -0.312 e. The maximum atomic E-state index is 14.3. The fourth-order valence-corrected chi connectivity index (χ4v) is 11.0. The van der Waals surface area contributed by atoms with Crippen LogP contribution in [0.5, 0.6) is 0 Å². The number of anilines is 6. The average molecular weight is 867 g/mol. The Morgan fingerprint density at radius 1 is 0.265 bits per heavy atom. The van der Waals surface area contributed by atoms with Gasteiger partial charge in [0.2, 0.25) is 13.4 Å². The van der Waals surface area contributed by atoms with Crippen molar-refractivity contribution >= 4 is 91.9 Å². The van der Waals surface area contributed by atoms with E-state index >= 15 is 0 Å². The maximum absolute atomic E-state index is 14.3. The van der Waals surface area contributed by atoms with Crippen LogP contribution in [-0.4, -0.2) is 25.0 Å². The van der Waals surface area contributed by atoms with Crippen molar-refractivity contribution in [2.45, 2.75) is 0 Å². The summed E-state index contributed by atoms with van der Waals surface area (Å²) in [6.07, 6.45) is 0. The van der Waals surface area contributed by atoms with Gasteiger partial charge < -0.3 is 9.80 Å². The Bertz CT molecular complexity index is 3290. The van der Waals surface area contributed by atoms with Crippen LogP contribution in [0.3, 0.4) is 0 Å². The molecule has 2 heterocycles. The van der Waals surface area contributed by atoms with Crippen LogP contribution in [0.15, 0.2) is 243 Å². The lowest BCUT2D eigenvalue weighted by Gasteiger charge is -2.37. The van der Waals surface area contributed by atoms with Crippen molar-refractivity contribution < 1.29 is 9.59 Å². The zero-order valence-electron chi connectivity index (χ0n) is 37.0. The lowest BCUT2D eigenvalue weighted by Crippen LogP contribution is -2.57. The van der Waals surface area contributed by atoms with Crippen LogP contribution in [0, 0.1) is 0 Å². The molecule has 0 atom stereocenters. The molecular formula is C62H40B2N2O2. The van der Waals surface area contributed by atoms with Crippen LogP contribution in [0.1, 0.15) is 31.8 Å². The molecule has 1 aliphatic carbocycles. The highest BCUT2D eigenvalue weighted by Crippen LogP contribution is 2.40. The molecule has 3 aliphatic rings. The number of fused-ring (bicyclic) bond motifs is 6. The first-order chi connectivity index (χ1) is 33.6. The molecule has 0 bridgehead atoms. The summed E-state index contributed by atoms with van der Waals surface area (Å²) in [5.74, 6) is -0.276. The maximum Gasteiger partial charge on any atom is 0.246 e. The van der Waals surface area contributed by atoms with Crippen LogP contribution in [-0.2, 0) is 0 Å². The van der Waals surface area contributed by atoms with Gasteiger partial charge in [-0.1, -0.05) is 181 Å². The van der Waals surface area contributed by atoms with E-state index in [0.29, 0.717) is 22.3 Å². The Labute approximate surface area is 396 Å². The number of hydrogen-bond acceptors (Lipinski definition) is 4. The van der Waals surface area contributed by atoms with Gasteiger partial charge in [-0.15, -0.1) is 0 Å². The molecule has 6 heteroatoms. The van der Waals surface area contributed by atoms with Gasteiger partial charge in [-0.05, 0) is 117 Å². The third-order valence-electron chi connectivity index (χ3n) is 14.2. The van der Waals surface area contributed by atoms with Gasteiger partial charge in [0, 0.05) is 56.4 Å². The van der Waals surface area contributed by atoms with Crippen molar-refractivity contribution in [2.24, 2.45) is 0 Å². The van der Waals surface area contributed by atoms with Crippen LogP contribution < -0.4 is 42.6 Å². The number of benzene rings is 10. The molecule has 0 unspecified atom stereocenters. The predicted octanol–water partition coefficient (Wildman–Crippen LogP) is 10.4. The van der Waals surface area contributed by atoms with Gasteiger partial charge in [0.25, 0.3) is 0 Å². The molecule has 10 aromatic rings. The van der Waals surface area contributed by atoms with E-state index in [1.54, 1.807) is 0 Å². The minimum atomic E-state index is -0.138. The van der Waals surface area contributed by atoms with E-state index in [2.05, 4.69) is 216 Å². The van der Waals surface area contributed by atoms with Gasteiger partial charge in [0.1, 0.15) is 0 Å². The number of ketones is 2. The average Bonchev–Trinajstić information content (AvgIpc) is 3.41. The molecule has 10 aromatic carbocycles. The second kappa shape index (κ2) is 16.0. The van der Waals surface area contributed by atoms with Gasteiger partial charge >= 0.3 is 0 Å². The number of carbonyl (C=O) groups is 2. The van der Waals surface area contributed by atoms with E-state index in [-0.39, 0.29) is 25.0 Å². The molecule has 316 valence electrons. The topological polar surface area (TPSA) is 40.6 Å². The van der Waals surface area contributed by atoms with Crippen LogP contribution >= 0.6 is 0 Å². The fourth-order valence-electron chi connectivity index (χ4n) is 11.0. The molecule has 68 heavy (non-hydrogen) atoms. The summed E-state index contributed by atoms with van der Waals surface area (Å²) in [6, 6.07) is 84.4. The van der Waals surface area contributed by atoms with E-state index in [1.165, 1.54) is 32.8 Å². The zero-order valence-corrected chi connectivity index (χ0v) is 37.0. The number of para-hydroxylation sites is 4.